The lowest BCUT2D eigenvalue weighted by Crippen LogP contribution is -2.59. The van der Waals surface area contributed by atoms with E-state index < -0.39 is 41.1 Å². The highest BCUT2D eigenvalue weighted by atomic mass is 16.6. The molecule has 190 valence electrons. The number of esters is 2. The first kappa shape index (κ1) is 27.6. The molecule has 0 aromatic heterocycles. The first-order valence-electron chi connectivity index (χ1n) is 11.6. The molecular formula is C25H39N3O6. The summed E-state index contributed by atoms with van der Waals surface area (Å²) in [5.74, 6) is -0.938. The molecule has 1 aliphatic rings. The highest BCUT2D eigenvalue weighted by Gasteiger charge is 2.39. The van der Waals surface area contributed by atoms with E-state index in [0.717, 1.165) is 5.56 Å². The van der Waals surface area contributed by atoms with Gasteiger partial charge in [-0.3, -0.25) is 14.6 Å². The van der Waals surface area contributed by atoms with Gasteiger partial charge in [0.2, 0.25) is 0 Å². The monoisotopic (exact) mass is 477 g/mol. The van der Waals surface area contributed by atoms with Crippen LogP contribution in [0.1, 0.15) is 46.6 Å². The molecule has 0 bridgehead atoms. The molecule has 0 radical (unpaired) electrons. The first-order valence-corrected chi connectivity index (χ1v) is 11.6. The largest absolute Gasteiger partial charge is 0.467 e. The summed E-state index contributed by atoms with van der Waals surface area (Å²) in [5, 5.41) is 0. The fourth-order valence-corrected chi connectivity index (χ4v) is 3.66. The minimum absolute atomic E-state index is 0.177. The Kier molecular flexibility index (Phi) is 9.46. The van der Waals surface area contributed by atoms with Crippen molar-refractivity contribution in [1.82, 2.24) is 9.80 Å². The van der Waals surface area contributed by atoms with Gasteiger partial charge in [-0.25, -0.2) is 9.59 Å². The number of piperazine rings is 1. The summed E-state index contributed by atoms with van der Waals surface area (Å²) in [7, 11) is 1.30. The predicted octanol–water partition coefficient (Wildman–Crippen LogP) is 2.57. The van der Waals surface area contributed by atoms with Gasteiger partial charge in [-0.05, 0) is 44.7 Å². The average Bonchev–Trinajstić information content (AvgIpc) is 2.79. The van der Waals surface area contributed by atoms with E-state index >= 15 is 0 Å². The normalized spacial score (nSPS) is 18.2. The Morgan fingerprint density at radius 2 is 1.74 bits per heavy atom. The SMILES string of the molecule is COC(=O)[C@H]1CN(CCC(C)(C)[C@@H](N)C(=O)OCc2ccccc2)CCN1C(=O)OC(C)(C)C. The molecule has 0 spiro atoms. The third-order valence-electron chi connectivity index (χ3n) is 5.96. The van der Waals surface area contributed by atoms with Crippen molar-refractivity contribution in [2.24, 2.45) is 11.1 Å². The van der Waals surface area contributed by atoms with E-state index in [9.17, 15) is 14.4 Å². The van der Waals surface area contributed by atoms with Crippen LogP contribution in [0.5, 0.6) is 0 Å². The zero-order valence-electron chi connectivity index (χ0n) is 21.2. The molecule has 1 amide bonds. The van der Waals surface area contributed by atoms with E-state index in [4.69, 9.17) is 19.9 Å². The van der Waals surface area contributed by atoms with Gasteiger partial charge in [0.1, 0.15) is 24.3 Å². The fourth-order valence-electron chi connectivity index (χ4n) is 3.66. The number of methoxy groups -OCH3 is 1. The standard InChI is InChI=1S/C25H39N3O6/c1-24(2,3)34-23(31)28-15-14-27(16-19(28)21(29)32-6)13-12-25(4,5)20(26)22(30)33-17-18-10-8-7-9-11-18/h7-11,19-20H,12-17,26H2,1-6H3/t19-,20+/m1/s1. The first-order chi connectivity index (χ1) is 15.8. The van der Waals surface area contributed by atoms with E-state index in [1.807, 2.05) is 44.2 Å². The third kappa shape index (κ3) is 7.99. The van der Waals surface area contributed by atoms with Gasteiger partial charge < -0.3 is 19.9 Å². The quantitative estimate of drug-likeness (QED) is 0.449. The van der Waals surface area contributed by atoms with Crippen molar-refractivity contribution in [2.75, 3.05) is 33.3 Å². The molecule has 1 heterocycles. The fraction of sp³-hybridized carbons (Fsp3) is 0.640. The van der Waals surface area contributed by atoms with Crippen LogP contribution in [-0.4, -0.2) is 78.8 Å². The highest BCUT2D eigenvalue weighted by molar-refractivity contribution is 5.82. The van der Waals surface area contributed by atoms with Crippen molar-refractivity contribution in [2.45, 2.75) is 65.3 Å². The molecule has 2 atom stereocenters. The van der Waals surface area contributed by atoms with Gasteiger partial charge in [0.25, 0.3) is 0 Å². The molecule has 0 saturated carbocycles. The number of hydrogen-bond donors (Lipinski definition) is 1. The van der Waals surface area contributed by atoms with Crippen molar-refractivity contribution in [3.05, 3.63) is 35.9 Å². The van der Waals surface area contributed by atoms with E-state index in [2.05, 4.69) is 4.90 Å². The Morgan fingerprint density at radius 3 is 2.32 bits per heavy atom. The molecule has 1 aliphatic heterocycles. The van der Waals surface area contributed by atoms with Crippen LogP contribution in [0.15, 0.2) is 30.3 Å². The van der Waals surface area contributed by atoms with Gasteiger partial charge in [0.15, 0.2) is 0 Å². The Labute approximate surface area is 202 Å². The van der Waals surface area contributed by atoms with Crippen LogP contribution in [0, 0.1) is 5.41 Å². The van der Waals surface area contributed by atoms with Gasteiger partial charge in [-0.1, -0.05) is 44.2 Å². The number of carbonyl (C=O) groups excluding carboxylic acids is 3. The second-order valence-corrected chi connectivity index (χ2v) is 10.3. The van der Waals surface area contributed by atoms with Crippen LogP contribution in [-0.2, 0) is 30.4 Å². The van der Waals surface area contributed by atoms with Crippen LogP contribution >= 0.6 is 0 Å². The van der Waals surface area contributed by atoms with Crippen molar-refractivity contribution in [3.63, 3.8) is 0 Å². The zero-order chi connectivity index (χ0) is 25.5. The summed E-state index contributed by atoms with van der Waals surface area (Å²) in [6.07, 6.45) is 0.0700. The Balaban J connectivity index is 1.93. The smallest absolute Gasteiger partial charge is 0.411 e. The summed E-state index contributed by atoms with van der Waals surface area (Å²) in [5.41, 5.74) is 5.96. The molecule has 9 heteroatoms. The Bertz CT molecular complexity index is 837. The molecule has 9 nitrogen and oxygen atoms in total. The number of amides is 1. The summed E-state index contributed by atoms with van der Waals surface area (Å²) >= 11 is 0. The minimum atomic E-state index is -0.796. The molecule has 1 saturated heterocycles. The lowest BCUT2D eigenvalue weighted by Gasteiger charge is -2.41. The molecule has 1 aromatic rings. The topological polar surface area (TPSA) is 111 Å². The molecule has 2 N–H and O–H groups in total. The predicted molar refractivity (Wildman–Crippen MR) is 128 cm³/mol. The number of rotatable bonds is 8. The number of carbonyl (C=O) groups is 3. The number of nitrogens with zero attached hydrogens (tertiary/aromatic N) is 2. The third-order valence-corrected chi connectivity index (χ3v) is 5.96. The van der Waals surface area contributed by atoms with Crippen LogP contribution in [0.4, 0.5) is 4.79 Å². The number of benzene rings is 1. The Morgan fingerprint density at radius 1 is 1.09 bits per heavy atom. The molecule has 2 rings (SSSR count). The van der Waals surface area contributed by atoms with Crippen molar-refractivity contribution in [1.29, 1.82) is 0 Å². The van der Waals surface area contributed by atoms with Gasteiger partial charge in [-0.2, -0.15) is 0 Å². The summed E-state index contributed by atoms with van der Waals surface area (Å²) in [4.78, 5) is 41.1. The molecule has 1 aromatic carbocycles. The van der Waals surface area contributed by atoms with Gasteiger partial charge in [0, 0.05) is 19.6 Å². The second-order valence-electron chi connectivity index (χ2n) is 10.3. The maximum atomic E-state index is 12.6. The number of ether oxygens (including phenoxy) is 3. The van der Waals surface area contributed by atoms with Crippen LogP contribution in [0.2, 0.25) is 0 Å². The Hall–Kier alpha value is -2.65. The average molecular weight is 478 g/mol. The maximum absolute atomic E-state index is 12.6. The number of nitrogens with two attached hydrogens (primary N) is 1. The van der Waals surface area contributed by atoms with E-state index in [-0.39, 0.29) is 6.61 Å². The highest BCUT2D eigenvalue weighted by Crippen LogP contribution is 2.26. The zero-order valence-corrected chi connectivity index (χ0v) is 21.2. The van der Waals surface area contributed by atoms with Gasteiger partial charge in [-0.15, -0.1) is 0 Å². The summed E-state index contributed by atoms with van der Waals surface area (Å²) in [6.45, 7) is 11.2. The number of hydrogen-bond acceptors (Lipinski definition) is 8. The second kappa shape index (κ2) is 11.7. The van der Waals surface area contributed by atoms with Gasteiger partial charge >= 0.3 is 18.0 Å². The van der Waals surface area contributed by atoms with E-state index in [1.165, 1.54) is 12.0 Å². The molecular weight excluding hydrogens is 438 g/mol. The van der Waals surface area contributed by atoms with Crippen molar-refractivity contribution < 1.29 is 28.6 Å². The van der Waals surface area contributed by atoms with Gasteiger partial charge in [0.05, 0.1) is 7.11 Å². The molecule has 34 heavy (non-hydrogen) atoms. The lowest BCUT2D eigenvalue weighted by atomic mass is 9.81. The van der Waals surface area contributed by atoms with Crippen molar-refractivity contribution in [3.8, 4) is 0 Å². The molecule has 1 fully saturated rings. The minimum Gasteiger partial charge on any atom is -0.467 e. The van der Waals surface area contributed by atoms with E-state index in [1.54, 1.807) is 20.8 Å². The summed E-state index contributed by atoms with van der Waals surface area (Å²) < 4.78 is 15.8. The van der Waals surface area contributed by atoms with Crippen LogP contribution in [0.25, 0.3) is 0 Å². The maximum Gasteiger partial charge on any atom is 0.411 e. The molecule has 0 aliphatic carbocycles. The summed E-state index contributed by atoms with van der Waals surface area (Å²) in [6, 6.07) is 7.89. The lowest BCUT2D eigenvalue weighted by molar-refractivity contribution is -0.149. The van der Waals surface area contributed by atoms with Crippen LogP contribution < -0.4 is 5.73 Å². The molecule has 0 unspecified atom stereocenters. The van der Waals surface area contributed by atoms with Crippen LogP contribution in [0.3, 0.4) is 0 Å². The van der Waals surface area contributed by atoms with E-state index in [0.29, 0.717) is 32.6 Å². The van der Waals surface area contributed by atoms with Crippen molar-refractivity contribution >= 4 is 18.0 Å².